The zero-order valence-corrected chi connectivity index (χ0v) is 6.40. The lowest BCUT2D eigenvalue weighted by Crippen LogP contribution is -2.25. The van der Waals surface area contributed by atoms with Gasteiger partial charge in [-0.05, 0) is 18.9 Å². The van der Waals surface area contributed by atoms with Crippen molar-refractivity contribution in [3.63, 3.8) is 0 Å². The molecular weight excluding hydrogens is 140 g/mol. The van der Waals surface area contributed by atoms with Crippen LogP contribution < -0.4 is 5.73 Å². The summed E-state index contributed by atoms with van der Waals surface area (Å²) in [6.07, 6.45) is 3.96. The van der Waals surface area contributed by atoms with Crippen LogP contribution in [-0.2, 0) is 13.0 Å². The molecule has 1 aromatic rings. The molecule has 1 aliphatic rings. The Labute approximate surface area is 65.4 Å². The lowest BCUT2D eigenvalue weighted by Gasteiger charge is -2.20. The Hall–Kier alpha value is -0.900. The fourth-order valence-electron chi connectivity index (χ4n) is 1.51. The monoisotopic (exact) mass is 152 g/mol. The number of aryl methyl sites for hydroxylation is 1. The van der Waals surface area contributed by atoms with Crippen LogP contribution in [0.25, 0.3) is 0 Å². The zero-order valence-electron chi connectivity index (χ0n) is 6.40. The van der Waals surface area contributed by atoms with E-state index in [2.05, 4.69) is 14.8 Å². The van der Waals surface area contributed by atoms with E-state index in [4.69, 9.17) is 5.73 Å². The zero-order chi connectivity index (χ0) is 7.68. The molecular formula is C7H12N4. The van der Waals surface area contributed by atoms with E-state index in [-0.39, 0.29) is 0 Å². The summed E-state index contributed by atoms with van der Waals surface area (Å²) in [4.78, 5) is 0. The molecule has 1 aromatic heterocycles. The molecule has 0 aliphatic carbocycles. The van der Waals surface area contributed by atoms with Gasteiger partial charge in [0, 0.05) is 13.0 Å². The number of hydrogen-bond donors (Lipinski definition) is 1. The van der Waals surface area contributed by atoms with E-state index >= 15 is 0 Å². The summed E-state index contributed by atoms with van der Waals surface area (Å²) in [6.45, 7) is 1.80. The van der Waals surface area contributed by atoms with Gasteiger partial charge in [0.15, 0.2) is 0 Å². The van der Waals surface area contributed by atoms with E-state index < -0.39 is 0 Å². The van der Waals surface area contributed by atoms with Crippen LogP contribution in [0, 0.1) is 5.92 Å². The van der Waals surface area contributed by atoms with Crippen LogP contribution >= 0.6 is 0 Å². The van der Waals surface area contributed by atoms with E-state index in [0.29, 0.717) is 5.92 Å². The first-order chi connectivity index (χ1) is 5.40. The highest BCUT2D eigenvalue weighted by Crippen LogP contribution is 2.16. The number of nitrogens with two attached hydrogens (primary N) is 1. The van der Waals surface area contributed by atoms with E-state index in [1.165, 1.54) is 6.42 Å². The lowest BCUT2D eigenvalue weighted by atomic mass is 9.98. The second-order valence-electron chi connectivity index (χ2n) is 3.04. The van der Waals surface area contributed by atoms with Gasteiger partial charge in [-0.3, -0.25) is 0 Å². The highest BCUT2D eigenvalue weighted by molar-refractivity contribution is 4.92. The Kier molecular flexibility index (Phi) is 1.62. The third-order valence-electron chi connectivity index (χ3n) is 2.28. The first-order valence-corrected chi connectivity index (χ1v) is 3.97. The van der Waals surface area contributed by atoms with Crippen molar-refractivity contribution in [1.82, 2.24) is 14.8 Å². The van der Waals surface area contributed by atoms with Crippen molar-refractivity contribution in [1.29, 1.82) is 0 Å². The minimum Gasteiger partial charge on any atom is -0.330 e. The Bertz CT molecular complexity index is 242. The molecule has 0 spiro atoms. The second kappa shape index (κ2) is 2.62. The highest BCUT2D eigenvalue weighted by atomic mass is 15.3. The van der Waals surface area contributed by atoms with Crippen molar-refractivity contribution >= 4 is 0 Å². The van der Waals surface area contributed by atoms with Crippen LogP contribution in [0.3, 0.4) is 0 Å². The molecule has 2 heterocycles. The summed E-state index contributed by atoms with van der Waals surface area (Å²) in [5.41, 5.74) is 5.57. The average molecular weight is 152 g/mol. The number of rotatable bonds is 1. The standard InChI is InChI=1S/C7H12N4/c8-4-6-1-2-11-5-9-10-7(11)3-6/h5-6H,1-4,8H2. The van der Waals surface area contributed by atoms with Crippen LogP contribution in [-0.4, -0.2) is 21.3 Å². The Morgan fingerprint density at radius 3 is 3.45 bits per heavy atom. The van der Waals surface area contributed by atoms with Gasteiger partial charge in [-0.15, -0.1) is 10.2 Å². The lowest BCUT2D eigenvalue weighted by molar-refractivity contribution is 0.389. The maximum atomic E-state index is 5.57. The van der Waals surface area contributed by atoms with Crippen LogP contribution in [0.4, 0.5) is 0 Å². The first-order valence-electron chi connectivity index (χ1n) is 3.97. The average Bonchev–Trinajstić information content (AvgIpc) is 2.50. The normalized spacial score (nSPS) is 23.2. The molecule has 0 aromatic carbocycles. The molecule has 2 rings (SSSR count). The van der Waals surface area contributed by atoms with Crippen molar-refractivity contribution in [2.45, 2.75) is 19.4 Å². The van der Waals surface area contributed by atoms with Crippen molar-refractivity contribution < 1.29 is 0 Å². The van der Waals surface area contributed by atoms with Gasteiger partial charge >= 0.3 is 0 Å². The smallest absolute Gasteiger partial charge is 0.133 e. The van der Waals surface area contributed by atoms with Gasteiger partial charge in [0.2, 0.25) is 0 Å². The molecule has 0 fully saturated rings. The molecule has 4 nitrogen and oxygen atoms in total. The van der Waals surface area contributed by atoms with Gasteiger partial charge in [-0.25, -0.2) is 0 Å². The molecule has 0 amide bonds. The van der Waals surface area contributed by atoms with Crippen molar-refractivity contribution in [3.05, 3.63) is 12.2 Å². The van der Waals surface area contributed by atoms with E-state index in [9.17, 15) is 0 Å². The predicted octanol–water partition coefficient (Wildman–Crippen LogP) is -0.201. The fourth-order valence-corrected chi connectivity index (χ4v) is 1.51. The Morgan fingerprint density at radius 2 is 2.64 bits per heavy atom. The summed E-state index contributed by atoms with van der Waals surface area (Å²) in [5.74, 6) is 1.71. The molecule has 1 aliphatic heterocycles. The fraction of sp³-hybridized carbons (Fsp3) is 0.714. The van der Waals surface area contributed by atoms with Gasteiger partial charge in [0.25, 0.3) is 0 Å². The SMILES string of the molecule is NCC1CCn2cnnc2C1. The van der Waals surface area contributed by atoms with E-state index in [1.807, 2.05) is 0 Å². The summed E-state index contributed by atoms with van der Waals surface area (Å²) >= 11 is 0. The molecule has 1 unspecified atom stereocenters. The molecule has 4 heteroatoms. The summed E-state index contributed by atoms with van der Waals surface area (Å²) in [6, 6.07) is 0. The molecule has 0 radical (unpaired) electrons. The van der Waals surface area contributed by atoms with E-state index in [1.54, 1.807) is 6.33 Å². The van der Waals surface area contributed by atoms with Gasteiger partial charge in [0.1, 0.15) is 12.2 Å². The maximum absolute atomic E-state index is 5.57. The predicted molar refractivity (Wildman–Crippen MR) is 40.9 cm³/mol. The van der Waals surface area contributed by atoms with Crippen molar-refractivity contribution in [2.24, 2.45) is 11.7 Å². The molecule has 0 saturated carbocycles. The third kappa shape index (κ3) is 1.14. The largest absolute Gasteiger partial charge is 0.330 e. The quantitative estimate of drug-likeness (QED) is 0.606. The summed E-state index contributed by atoms with van der Waals surface area (Å²) in [7, 11) is 0. The third-order valence-corrected chi connectivity index (χ3v) is 2.28. The summed E-state index contributed by atoms with van der Waals surface area (Å²) < 4.78 is 2.10. The molecule has 2 N–H and O–H groups in total. The Balaban J connectivity index is 2.18. The van der Waals surface area contributed by atoms with Crippen LogP contribution in [0.1, 0.15) is 12.2 Å². The first kappa shape index (κ1) is 6.79. The molecule has 1 atom stereocenters. The molecule has 0 bridgehead atoms. The molecule has 11 heavy (non-hydrogen) atoms. The minimum atomic E-state index is 0.617. The molecule has 60 valence electrons. The Morgan fingerprint density at radius 1 is 1.73 bits per heavy atom. The summed E-state index contributed by atoms with van der Waals surface area (Å²) in [5, 5.41) is 7.86. The number of fused-ring (bicyclic) bond motifs is 1. The van der Waals surface area contributed by atoms with Crippen molar-refractivity contribution in [2.75, 3.05) is 6.54 Å². The van der Waals surface area contributed by atoms with Gasteiger partial charge < -0.3 is 10.3 Å². The van der Waals surface area contributed by atoms with Gasteiger partial charge in [0.05, 0.1) is 0 Å². The van der Waals surface area contributed by atoms with E-state index in [0.717, 1.165) is 25.3 Å². The van der Waals surface area contributed by atoms with Crippen LogP contribution in [0.15, 0.2) is 6.33 Å². The topological polar surface area (TPSA) is 56.7 Å². The number of aromatic nitrogens is 3. The van der Waals surface area contributed by atoms with Crippen LogP contribution in [0.2, 0.25) is 0 Å². The number of nitrogens with zero attached hydrogens (tertiary/aromatic N) is 3. The minimum absolute atomic E-state index is 0.617. The van der Waals surface area contributed by atoms with Gasteiger partial charge in [-0.2, -0.15) is 0 Å². The van der Waals surface area contributed by atoms with Crippen molar-refractivity contribution in [3.8, 4) is 0 Å². The molecule has 0 saturated heterocycles. The second-order valence-corrected chi connectivity index (χ2v) is 3.04. The number of hydrogen-bond acceptors (Lipinski definition) is 3. The van der Waals surface area contributed by atoms with Crippen LogP contribution in [0.5, 0.6) is 0 Å². The van der Waals surface area contributed by atoms with Gasteiger partial charge in [-0.1, -0.05) is 0 Å². The maximum Gasteiger partial charge on any atom is 0.133 e. The highest BCUT2D eigenvalue weighted by Gasteiger charge is 2.17.